The highest BCUT2D eigenvalue weighted by Crippen LogP contribution is 2.29. The molecule has 184 valence electrons. The number of nitriles is 1. The van der Waals surface area contributed by atoms with Crippen LogP contribution in [0.25, 0.3) is 22.4 Å². The average molecular weight is 492 g/mol. The van der Waals surface area contributed by atoms with Crippen LogP contribution in [0.3, 0.4) is 0 Å². The summed E-state index contributed by atoms with van der Waals surface area (Å²) in [6.45, 7) is 5.46. The van der Waals surface area contributed by atoms with Gasteiger partial charge in [-0.05, 0) is 74.4 Å². The summed E-state index contributed by atoms with van der Waals surface area (Å²) in [5.41, 5.74) is 4.92. The third-order valence-electron chi connectivity index (χ3n) is 5.92. The number of nitrogens with one attached hydrogen (secondary N) is 2. The predicted octanol–water partition coefficient (Wildman–Crippen LogP) is 4.32. The number of amides is 2. The van der Waals surface area contributed by atoms with Crippen LogP contribution < -0.4 is 10.6 Å². The lowest BCUT2D eigenvalue weighted by Crippen LogP contribution is -2.19. The fourth-order valence-corrected chi connectivity index (χ4v) is 3.67. The standard InChI is InChI=1S/C28H25N7O2/c1-17-5-6-21(34-26(36)19-8-10-32-25(13-19)28(2,3)16-29)14-22(17)23-12-20(15-33-35-23)18-7-9-31-24(11-18)27(37)30-4/h5-15H,1-4H3,(H,30,37)(H,34,36). The van der Waals surface area contributed by atoms with E-state index in [9.17, 15) is 14.9 Å². The van der Waals surface area contributed by atoms with E-state index in [-0.39, 0.29) is 11.8 Å². The van der Waals surface area contributed by atoms with Crippen LogP contribution in [0.1, 0.15) is 46.0 Å². The quantitative estimate of drug-likeness (QED) is 0.410. The largest absolute Gasteiger partial charge is 0.354 e. The number of carbonyl (C=O) groups excluding carboxylic acids is 2. The number of pyridine rings is 2. The number of aryl methyl sites for hydroxylation is 1. The molecule has 1 aromatic carbocycles. The zero-order chi connectivity index (χ0) is 26.6. The number of anilines is 1. The van der Waals surface area contributed by atoms with E-state index in [4.69, 9.17) is 0 Å². The lowest BCUT2D eigenvalue weighted by atomic mass is 9.90. The summed E-state index contributed by atoms with van der Waals surface area (Å²) < 4.78 is 0. The number of rotatable bonds is 6. The molecule has 0 bridgehead atoms. The van der Waals surface area contributed by atoms with E-state index in [0.717, 1.165) is 22.3 Å². The minimum Gasteiger partial charge on any atom is -0.354 e. The van der Waals surface area contributed by atoms with Gasteiger partial charge in [-0.25, -0.2) is 0 Å². The van der Waals surface area contributed by atoms with E-state index in [1.165, 1.54) is 6.20 Å². The molecular weight excluding hydrogens is 466 g/mol. The average Bonchev–Trinajstić information content (AvgIpc) is 2.93. The molecule has 0 radical (unpaired) electrons. The van der Waals surface area contributed by atoms with E-state index in [1.807, 2.05) is 31.2 Å². The van der Waals surface area contributed by atoms with Crippen molar-refractivity contribution in [2.45, 2.75) is 26.2 Å². The minimum absolute atomic E-state index is 0.277. The van der Waals surface area contributed by atoms with Crippen molar-refractivity contribution in [3.63, 3.8) is 0 Å². The molecule has 0 aliphatic carbocycles. The molecule has 0 saturated heterocycles. The molecule has 4 aromatic rings. The van der Waals surface area contributed by atoms with Gasteiger partial charge in [0.2, 0.25) is 0 Å². The van der Waals surface area contributed by atoms with Crippen molar-refractivity contribution < 1.29 is 9.59 Å². The zero-order valence-electron chi connectivity index (χ0n) is 20.9. The predicted molar refractivity (Wildman–Crippen MR) is 140 cm³/mol. The molecule has 37 heavy (non-hydrogen) atoms. The van der Waals surface area contributed by atoms with Crippen LogP contribution in [0, 0.1) is 18.3 Å². The van der Waals surface area contributed by atoms with Gasteiger partial charge in [-0.2, -0.15) is 15.5 Å². The molecule has 9 nitrogen and oxygen atoms in total. The Bertz CT molecular complexity index is 1540. The zero-order valence-corrected chi connectivity index (χ0v) is 20.9. The smallest absolute Gasteiger partial charge is 0.269 e. The van der Waals surface area contributed by atoms with Gasteiger partial charge in [0.05, 0.1) is 29.1 Å². The Morgan fingerprint density at radius 2 is 1.73 bits per heavy atom. The lowest BCUT2D eigenvalue weighted by Gasteiger charge is -2.15. The Balaban J connectivity index is 1.63. The molecule has 0 atom stereocenters. The maximum atomic E-state index is 13.0. The normalized spacial score (nSPS) is 10.9. The highest BCUT2D eigenvalue weighted by Gasteiger charge is 2.22. The summed E-state index contributed by atoms with van der Waals surface area (Å²) in [5.74, 6) is -0.591. The lowest BCUT2D eigenvalue weighted by molar-refractivity contribution is 0.0957. The van der Waals surface area contributed by atoms with Crippen LogP contribution in [-0.4, -0.2) is 39.0 Å². The highest BCUT2D eigenvalue weighted by atomic mass is 16.2. The molecule has 0 spiro atoms. The highest BCUT2D eigenvalue weighted by molar-refractivity contribution is 6.04. The van der Waals surface area contributed by atoms with E-state index in [1.54, 1.807) is 57.6 Å². The van der Waals surface area contributed by atoms with Crippen LogP contribution >= 0.6 is 0 Å². The summed E-state index contributed by atoms with van der Waals surface area (Å²) >= 11 is 0. The molecule has 0 unspecified atom stereocenters. The van der Waals surface area contributed by atoms with E-state index < -0.39 is 5.41 Å². The van der Waals surface area contributed by atoms with Crippen LogP contribution in [0.4, 0.5) is 5.69 Å². The summed E-state index contributed by atoms with van der Waals surface area (Å²) in [6.07, 6.45) is 4.72. The number of aromatic nitrogens is 4. The van der Waals surface area contributed by atoms with Gasteiger partial charge in [0.25, 0.3) is 11.8 Å². The fourth-order valence-electron chi connectivity index (χ4n) is 3.67. The first-order valence-corrected chi connectivity index (χ1v) is 11.5. The molecule has 0 aliphatic rings. The first kappa shape index (κ1) is 25.1. The van der Waals surface area contributed by atoms with Gasteiger partial charge in [0.15, 0.2) is 0 Å². The molecule has 4 rings (SSSR count). The van der Waals surface area contributed by atoms with Gasteiger partial charge >= 0.3 is 0 Å². The Hall–Kier alpha value is -4.97. The first-order valence-electron chi connectivity index (χ1n) is 11.5. The molecule has 3 heterocycles. The van der Waals surface area contributed by atoms with Crippen molar-refractivity contribution >= 4 is 17.5 Å². The van der Waals surface area contributed by atoms with Gasteiger partial charge < -0.3 is 10.6 Å². The van der Waals surface area contributed by atoms with Gasteiger partial charge in [-0.3, -0.25) is 19.6 Å². The third kappa shape index (κ3) is 5.49. The summed E-state index contributed by atoms with van der Waals surface area (Å²) in [6, 6.07) is 16.4. The molecule has 0 saturated carbocycles. The van der Waals surface area contributed by atoms with Crippen molar-refractivity contribution in [1.29, 1.82) is 5.26 Å². The summed E-state index contributed by atoms with van der Waals surface area (Å²) in [7, 11) is 1.55. The molecular formula is C28H25N7O2. The Kier molecular flexibility index (Phi) is 7.02. The van der Waals surface area contributed by atoms with Crippen molar-refractivity contribution in [2.24, 2.45) is 0 Å². The van der Waals surface area contributed by atoms with Gasteiger partial charge in [-0.15, -0.1) is 0 Å². The van der Waals surface area contributed by atoms with Gasteiger partial charge in [0, 0.05) is 41.8 Å². The van der Waals surface area contributed by atoms with Gasteiger partial charge in [-0.1, -0.05) is 6.07 Å². The van der Waals surface area contributed by atoms with Crippen molar-refractivity contribution in [2.75, 3.05) is 12.4 Å². The van der Waals surface area contributed by atoms with E-state index >= 15 is 0 Å². The maximum absolute atomic E-state index is 13.0. The van der Waals surface area contributed by atoms with Gasteiger partial charge in [0.1, 0.15) is 5.69 Å². The van der Waals surface area contributed by atoms with E-state index in [0.29, 0.717) is 28.3 Å². The number of hydrogen-bond donors (Lipinski definition) is 2. The first-order chi connectivity index (χ1) is 17.7. The fraction of sp³-hybridized carbons (Fsp3) is 0.179. The minimum atomic E-state index is -0.813. The van der Waals surface area contributed by atoms with Crippen LogP contribution in [0.2, 0.25) is 0 Å². The van der Waals surface area contributed by atoms with Crippen LogP contribution in [-0.2, 0) is 5.41 Å². The summed E-state index contributed by atoms with van der Waals surface area (Å²) in [5, 5.41) is 23.3. The molecule has 2 N–H and O–H groups in total. The SMILES string of the molecule is CNC(=O)c1cc(-c2cnnc(-c3cc(NC(=O)c4ccnc(C(C)(C)C#N)c4)ccc3C)c2)ccn1. The monoisotopic (exact) mass is 491 g/mol. The molecule has 0 aliphatic heterocycles. The number of carbonyl (C=O) groups is 2. The second kappa shape index (κ2) is 10.3. The molecule has 3 aromatic heterocycles. The Morgan fingerprint density at radius 1 is 0.946 bits per heavy atom. The third-order valence-corrected chi connectivity index (χ3v) is 5.92. The second-order valence-electron chi connectivity index (χ2n) is 8.99. The Labute approximate surface area is 214 Å². The number of benzene rings is 1. The molecule has 0 fully saturated rings. The van der Waals surface area contributed by atoms with Crippen molar-refractivity contribution in [1.82, 2.24) is 25.5 Å². The van der Waals surface area contributed by atoms with Crippen LogP contribution in [0.15, 0.2) is 67.1 Å². The van der Waals surface area contributed by atoms with Crippen molar-refractivity contribution in [3.8, 4) is 28.5 Å². The van der Waals surface area contributed by atoms with E-state index in [2.05, 4.69) is 36.9 Å². The Morgan fingerprint density at radius 3 is 2.49 bits per heavy atom. The maximum Gasteiger partial charge on any atom is 0.269 e. The van der Waals surface area contributed by atoms with Crippen molar-refractivity contribution in [3.05, 3.63) is 89.6 Å². The molecule has 9 heteroatoms. The summed E-state index contributed by atoms with van der Waals surface area (Å²) in [4.78, 5) is 33.3. The van der Waals surface area contributed by atoms with Crippen LogP contribution in [0.5, 0.6) is 0 Å². The topological polar surface area (TPSA) is 134 Å². The number of nitrogens with zero attached hydrogens (tertiary/aromatic N) is 5. The second-order valence-corrected chi connectivity index (χ2v) is 8.99. The number of hydrogen-bond acceptors (Lipinski definition) is 7. The molecule has 2 amide bonds.